The van der Waals surface area contributed by atoms with E-state index in [1.165, 1.54) is 14.1 Å². The van der Waals surface area contributed by atoms with Crippen LogP contribution in [0, 0.1) is 10.1 Å². The molecule has 0 aliphatic carbocycles. The van der Waals surface area contributed by atoms with Crippen molar-refractivity contribution in [2.45, 2.75) is 0 Å². The zero-order chi connectivity index (χ0) is 15.1. The summed E-state index contributed by atoms with van der Waals surface area (Å²) in [7, 11) is 3.02. The van der Waals surface area contributed by atoms with Gasteiger partial charge in [-0.25, -0.2) is 0 Å². The van der Waals surface area contributed by atoms with E-state index in [9.17, 15) is 14.9 Å². The maximum absolute atomic E-state index is 11.9. The van der Waals surface area contributed by atoms with E-state index in [4.69, 9.17) is 12.2 Å². The number of nitrogens with zero attached hydrogens (tertiary/aromatic N) is 1. The molecule has 0 saturated heterocycles. The molecule has 1 aromatic carbocycles. The monoisotopic (exact) mass is 294 g/mol. The van der Waals surface area contributed by atoms with E-state index in [1.807, 2.05) is 0 Å². The first kappa shape index (κ1) is 15.6. The Morgan fingerprint density at radius 2 is 1.75 bits per heavy atom. The Hall–Kier alpha value is -2.48. The van der Waals surface area contributed by atoms with Crippen LogP contribution in [-0.2, 0) is 0 Å². The summed E-state index contributed by atoms with van der Waals surface area (Å²) in [6.07, 6.45) is 0. The molecule has 7 nitrogen and oxygen atoms in total. The summed E-state index contributed by atoms with van der Waals surface area (Å²) in [5.74, 6) is -0.380. The molecule has 1 amide bonds. The van der Waals surface area contributed by atoms with Gasteiger partial charge < -0.3 is 16.0 Å². The quantitative estimate of drug-likeness (QED) is 0.319. The van der Waals surface area contributed by atoms with Crippen LogP contribution in [0.3, 0.4) is 0 Å². The highest BCUT2D eigenvalue weighted by Gasteiger charge is 2.25. The fraction of sp³-hybridized carbons (Fsp3) is 0.167. The first-order valence-corrected chi connectivity index (χ1v) is 6.07. The number of hydrogen-bond donors (Lipinski definition) is 3. The van der Waals surface area contributed by atoms with Gasteiger partial charge in [-0.05, 0) is 12.1 Å². The van der Waals surface area contributed by atoms with E-state index in [0.29, 0.717) is 5.56 Å². The standard InChI is InChI=1S/C12H14N4O3S/c1-13-10(14-2)9(16(18)19)12(20)15-11(17)8-6-4-3-5-7-8/h3-7,13-14H,1-2H3,(H,15,17,20). The Labute approximate surface area is 121 Å². The lowest BCUT2D eigenvalue weighted by atomic mass is 10.2. The van der Waals surface area contributed by atoms with Crippen molar-refractivity contribution in [2.75, 3.05) is 14.1 Å². The second kappa shape index (κ2) is 7.19. The molecule has 0 aromatic heterocycles. The highest BCUT2D eigenvalue weighted by atomic mass is 32.1. The summed E-state index contributed by atoms with van der Waals surface area (Å²) >= 11 is 4.93. The van der Waals surface area contributed by atoms with Crippen LogP contribution in [0.15, 0.2) is 41.8 Å². The fourth-order valence-electron chi connectivity index (χ4n) is 1.47. The van der Waals surface area contributed by atoms with Crippen molar-refractivity contribution in [1.29, 1.82) is 0 Å². The van der Waals surface area contributed by atoms with Crippen molar-refractivity contribution in [2.24, 2.45) is 0 Å². The van der Waals surface area contributed by atoms with Gasteiger partial charge >= 0.3 is 5.70 Å². The number of nitro groups is 1. The zero-order valence-corrected chi connectivity index (χ0v) is 11.8. The lowest BCUT2D eigenvalue weighted by molar-refractivity contribution is -0.416. The molecule has 0 spiro atoms. The summed E-state index contributed by atoms with van der Waals surface area (Å²) in [6.45, 7) is 0. The van der Waals surface area contributed by atoms with Crippen LogP contribution < -0.4 is 16.0 Å². The Morgan fingerprint density at radius 3 is 2.20 bits per heavy atom. The molecule has 106 valence electrons. The average Bonchev–Trinajstić information content (AvgIpc) is 2.44. The van der Waals surface area contributed by atoms with E-state index in [0.717, 1.165) is 0 Å². The van der Waals surface area contributed by atoms with E-state index in [1.54, 1.807) is 30.3 Å². The molecule has 0 saturated carbocycles. The maximum atomic E-state index is 11.9. The molecule has 0 fully saturated rings. The number of rotatable bonds is 5. The largest absolute Gasteiger partial charge is 0.369 e. The van der Waals surface area contributed by atoms with E-state index in [2.05, 4.69) is 16.0 Å². The summed E-state index contributed by atoms with van der Waals surface area (Å²) < 4.78 is 0. The maximum Gasteiger partial charge on any atom is 0.343 e. The smallest absolute Gasteiger partial charge is 0.343 e. The first-order valence-electron chi connectivity index (χ1n) is 5.66. The second-order valence-electron chi connectivity index (χ2n) is 3.63. The van der Waals surface area contributed by atoms with Gasteiger partial charge in [0.25, 0.3) is 5.91 Å². The number of nitrogens with one attached hydrogen (secondary N) is 3. The van der Waals surface area contributed by atoms with Crippen LogP contribution in [-0.4, -0.2) is 29.9 Å². The average molecular weight is 294 g/mol. The molecule has 1 rings (SSSR count). The third-order valence-electron chi connectivity index (χ3n) is 2.40. The lowest BCUT2D eigenvalue weighted by Gasteiger charge is -2.09. The molecule has 0 heterocycles. The van der Waals surface area contributed by atoms with Crippen LogP contribution >= 0.6 is 12.2 Å². The van der Waals surface area contributed by atoms with Gasteiger partial charge in [0.05, 0.1) is 4.92 Å². The summed E-state index contributed by atoms with van der Waals surface area (Å²) in [5.41, 5.74) is -0.0257. The minimum atomic E-state index is -0.657. The highest BCUT2D eigenvalue weighted by Crippen LogP contribution is 2.04. The molecule has 20 heavy (non-hydrogen) atoms. The van der Waals surface area contributed by atoms with Gasteiger partial charge in [-0.3, -0.25) is 14.9 Å². The van der Waals surface area contributed by atoms with Crippen LogP contribution in [0.5, 0.6) is 0 Å². The van der Waals surface area contributed by atoms with Crippen molar-refractivity contribution < 1.29 is 9.72 Å². The minimum absolute atomic E-state index is 0.119. The van der Waals surface area contributed by atoms with Crippen molar-refractivity contribution in [3.63, 3.8) is 0 Å². The zero-order valence-electron chi connectivity index (χ0n) is 11.0. The Balaban J connectivity index is 2.97. The van der Waals surface area contributed by atoms with Crippen molar-refractivity contribution in [3.8, 4) is 0 Å². The van der Waals surface area contributed by atoms with Gasteiger partial charge in [0.1, 0.15) is 0 Å². The molecule has 0 atom stereocenters. The lowest BCUT2D eigenvalue weighted by Crippen LogP contribution is -2.36. The number of carbonyl (C=O) groups is 1. The molecule has 8 heteroatoms. The molecular weight excluding hydrogens is 280 g/mol. The number of carbonyl (C=O) groups excluding carboxylic acids is 1. The molecule has 0 bridgehead atoms. The summed E-state index contributed by atoms with van der Waals surface area (Å²) in [5, 5.41) is 18.6. The summed E-state index contributed by atoms with van der Waals surface area (Å²) in [4.78, 5) is 22.0. The number of thiocarbonyl (C=S) groups is 1. The van der Waals surface area contributed by atoms with Crippen molar-refractivity contribution in [3.05, 3.63) is 57.5 Å². The molecule has 3 N–H and O–H groups in total. The van der Waals surface area contributed by atoms with Gasteiger partial charge in [0.15, 0.2) is 10.8 Å². The normalized spacial score (nSPS) is 9.30. The van der Waals surface area contributed by atoms with Crippen LogP contribution in [0.2, 0.25) is 0 Å². The SMILES string of the molecule is CNC(NC)=C(C(=S)NC(=O)c1ccccc1)[N+](=O)[O-]. The Bertz CT molecular complexity index is 551. The molecular formula is C12H14N4O3S. The number of amides is 1. The summed E-state index contributed by atoms with van der Waals surface area (Å²) in [6, 6.07) is 8.32. The Kier molecular flexibility index (Phi) is 5.60. The van der Waals surface area contributed by atoms with E-state index < -0.39 is 16.5 Å². The predicted octanol–water partition coefficient (Wildman–Crippen LogP) is 0.628. The third-order valence-corrected chi connectivity index (χ3v) is 2.69. The van der Waals surface area contributed by atoms with Gasteiger partial charge in [-0.1, -0.05) is 30.4 Å². The van der Waals surface area contributed by atoms with Gasteiger partial charge in [-0.15, -0.1) is 0 Å². The number of benzene rings is 1. The molecule has 0 aliphatic heterocycles. The molecule has 0 radical (unpaired) electrons. The molecule has 0 unspecified atom stereocenters. The predicted molar refractivity (Wildman–Crippen MR) is 78.6 cm³/mol. The Morgan fingerprint density at radius 1 is 1.20 bits per heavy atom. The van der Waals surface area contributed by atoms with Gasteiger partial charge in [0.2, 0.25) is 0 Å². The van der Waals surface area contributed by atoms with Crippen LogP contribution in [0.1, 0.15) is 10.4 Å². The molecule has 0 aliphatic rings. The fourth-order valence-corrected chi connectivity index (χ4v) is 1.74. The number of hydrogen-bond acceptors (Lipinski definition) is 6. The minimum Gasteiger partial charge on any atom is -0.369 e. The van der Waals surface area contributed by atoms with Crippen LogP contribution in [0.25, 0.3) is 0 Å². The van der Waals surface area contributed by atoms with Crippen molar-refractivity contribution in [1.82, 2.24) is 16.0 Å². The van der Waals surface area contributed by atoms with E-state index in [-0.39, 0.29) is 10.8 Å². The molecule has 1 aromatic rings. The second-order valence-corrected chi connectivity index (χ2v) is 4.04. The topological polar surface area (TPSA) is 96.3 Å². The van der Waals surface area contributed by atoms with E-state index >= 15 is 0 Å². The van der Waals surface area contributed by atoms with Gasteiger partial charge in [0, 0.05) is 19.7 Å². The highest BCUT2D eigenvalue weighted by molar-refractivity contribution is 7.80. The van der Waals surface area contributed by atoms with Crippen molar-refractivity contribution >= 4 is 23.1 Å². The first-order chi connectivity index (χ1) is 9.51. The third kappa shape index (κ3) is 3.75. The van der Waals surface area contributed by atoms with Crippen LogP contribution in [0.4, 0.5) is 0 Å². The van der Waals surface area contributed by atoms with Gasteiger partial charge in [-0.2, -0.15) is 0 Å².